The van der Waals surface area contributed by atoms with E-state index in [9.17, 15) is 19.5 Å². The summed E-state index contributed by atoms with van der Waals surface area (Å²) in [6.45, 7) is 5.84. The number of carboxylic acids is 1. The Morgan fingerprint density at radius 3 is 2.59 bits per heavy atom. The van der Waals surface area contributed by atoms with Crippen molar-refractivity contribution in [2.75, 3.05) is 4.90 Å². The maximum Gasteiger partial charge on any atom is 0.240 e. The van der Waals surface area contributed by atoms with Gasteiger partial charge in [0.15, 0.2) is 0 Å². The zero-order valence-corrected chi connectivity index (χ0v) is 12.9. The van der Waals surface area contributed by atoms with Crippen LogP contribution in [0.5, 0.6) is 0 Å². The molecule has 2 bridgehead atoms. The van der Waals surface area contributed by atoms with Gasteiger partial charge in [0.2, 0.25) is 11.8 Å². The predicted octanol–water partition coefficient (Wildman–Crippen LogP) is 1.37. The van der Waals surface area contributed by atoms with Crippen LogP contribution in [0.3, 0.4) is 0 Å². The van der Waals surface area contributed by atoms with E-state index in [0.29, 0.717) is 18.5 Å². The van der Waals surface area contributed by atoms with Crippen molar-refractivity contribution in [3.63, 3.8) is 0 Å². The fourth-order valence-electron chi connectivity index (χ4n) is 3.83. The number of carbonyl (C=O) groups excluding carboxylic acids is 3. The minimum atomic E-state index is -1.33. The first-order valence-corrected chi connectivity index (χ1v) is 7.40. The number of carboxylic acid groups (broad SMARTS) is 1. The van der Waals surface area contributed by atoms with Crippen molar-refractivity contribution in [3.8, 4) is 0 Å². The van der Waals surface area contributed by atoms with Crippen molar-refractivity contribution in [2.45, 2.75) is 33.6 Å². The van der Waals surface area contributed by atoms with E-state index in [1.54, 1.807) is 6.07 Å². The largest absolute Gasteiger partial charge is 0.545 e. The summed E-state index contributed by atoms with van der Waals surface area (Å²) < 4.78 is 0. The lowest BCUT2D eigenvalue weighted by Gasteiger charge is -2.47. The van der Waals surface area contributed by atoms with E-state index in [-0.39, 0.29) is 28.7 Å². The molecule has 1 aliphatic carbocycles. The van der Waals surface area contributed by atoms with Gasteiger partial charge in [0.25, 0.3) is 0 Å². The van der Waals surface area contributed by atoms with Gasteiger partial charge in [0.05, 0.1) is 17.1 Å². The van der Waals surface area contributed by atoms with Crippen LogP contribution >= 0.6 is 0 Å². The molecule has 2 aliphatic rings. The summed E-state index contributed by atoms with van der Waals surface area (Å²) in [5.74, 6) is -2.03. The molecule has 116 valence electrons. The number of benzene rings is 1. The van der Waals surface area contributed by atoms with Crippen molar-refractivity contribution in [1.82, 2.24) is 0 Å². The Morgan fingerprint density at radius 2 is 1.95 bits per heavy atom. The van der Waals surface area contributed by atoms with Crippen molar-refractivity contribution in [3.05, 3.63) is 29.8 Å². The Bertz CT molecular complexity index is 694. The number of imide groups is 1. The number of hydrogen-bond donors (Lipinski definition) is 0. The normalized spacial score (nSPS) is 29.8. The molecule has 0 unspecified atom stereocenters. The third-order valence-corrected chi connectivity index (χ3v) is 5.76. The minimum Gasteiger partial charge on any atom is -0.545 e. The molecule has 2 fully saturated rings. The second-order valence-corrected chi connectivity index (χ2v) is 6.96. The van der Waals surface area contributed by atoms with Crippen LogP contribution in [0, 0.1) is 16.7 Å². The van der Waals surface area contributed by atoms with E-state index in [4.69, 9.17) is 0 Å². The molecule has 0 aromatic heterocycles. The number of hydrogen-bond acceptors (Lipinski definition) is 4. The van der Waals surface area contributed by atoms with E-state index in [1.165, 1.54) is 18.2 Å². The average molecular weight is 300 g/mol. The number of nitrogens with zero attached hydrogens (tertiary/aromatic N) is 1. The van der Waals surface area contributed by atoms with Crippen LogP contribution < -0.4 is 10.0 Å². The molecular weight excluding hydrogens is 282 g/mol. The first-order valence-electron chi connectivity index (χ1n) is 7.40. The standard InChI is InChI=1S/C17H19NO4/c1-16(2)12-7-8-17(16,3)15(22)18(13(12)19)11-6-4-5-10(9-11)14(20)21/h4-6,9,12H,7-8H2,1-3H3,(H,20,21)/p-1/t12-,17+/m1/s1. The van der Waals surface area contributed by atoms with Crippen LogP contribution in [-0.4, -0.2) is 17.8 Å². The van der Waals surface area contributed by atoms with Crippen LogP contribution in [0.15, 0.2) is 24.3 Å². The smallest absolute Gasteiger partial charge is 0.240 e. The van der Waals surface area contributed by atoms with Gasteiger partial charge in [-0.15, -0.1) is 0 Å². The lowest BCUT2D eigenvalue weighted by Crippen LogP contribution is -2.59. The minimum absolute atomic E-state index is 0.0413. The average Bonchev–Trinajstić information content (AvgIpc) is 2.63. The van der Waals surface area contributed by atoms with E-state index >= 15 is 0 Å². The molecule has 1 aromatic rings. The van der Waals surface area contributed by atoms with Crippen LogP contribution in [0.1, 0.15) is 44.0 Å². The lowest BCUT2D eigenvalue weighted by molar-refractivity contribution is -0.255. The van der Waals surface area contributed by atoms with Crippen molar-refractivity contribution < 1.29 is 19.5 Å². The number of rotatable bonds is 2. The van der Waals surface area contributed by atoms with Crippen LogP contribution in [-0.2, 0) is 9.59 Å². The van der Waals surface area contributed by atoms with Gasteiger partial charge in [0.1, 0.15) is 0 Å². The Hall–Kier alpha value is -2.17. The molecule has 1 aliphatic heterocycles. The van der Waals surface area contributed by atoms with Gasteiger partial charge in [-0.25, -0.2) is 4.90 Å². The second kappa shape index (κ2) is 4.41. The number of anilines is 1. The summed E-state index contributed by atoms with van der Waals surface area (Å²) in [4.78, 5) is 37.9. The van der Waals surface area contributed by atoms with E-state index in [2.05, 4.69) is 0 Å². The van der Waals surface area contributed by atoms with Gasteiger partial charge < -0.3 is 9.90 Å². The van der Waals surface area contributed by atoms with Gasteiger partial charge in [-0.2, -0.15) is 0 Å². The SMILES string of the molecule is CC1(C)[C@@H]2CC[C@@]1(C)C(=O)N(c1cccc(C(=O)[O-])c1)C2=O. The Labute approximate surface area is 128 Å². The molecule has 22 heavy (non-hydrogen) atoms. The number of amides is 2. The zero-order valence-electron chi connectivity index (χ0n) is 12.9. The highest BCUT2D eigenvalue weighted by Crippen LogP contribution is 2.60. The van der Waals surface area contributed by atoms with Crippen molar-refractivity contribution >= 4 is 23.5 Å². The molecular formula is C17H18NO4-. The molecule has 5 heteroatoms. The van der Waals surface area contributed by atoms with Crippen molar-refractivity contribution in [1.29, 1.82) is 0 Å². The quantitative estimate of drug-likeness (QED) is 0.773. The fraction of sp³-hybridized carbons (Fsp3) is 0.471. The van der Waals surface area contributed by atoms with Crippen LogP contribution in [0.2, 0.25) is 0 Å². The van der Waals surface area contributed by atoms with Gasteiger partial charge in [-0.05, 0) is 36.0 Å². The van der Waals surface area contributed by atoms with Crippen molar-refractivity contribution in [2.24, 2.45) is 16.7 Å². The van der Waals surface area contributed by atoms with Crippen LogP contribution in [0.25, 0.3) is 0 Å². The zero-order chi connectivity index (χ0) is 16.3. The molecule has 5 nitrogen and oxygen atoms in total. The highest BCUT2D eigenvalue weighted by Gasteiger charge is 2.64. The van der Waals surface area contributed by atoms with Gasteiger partial charge in [0, 0.05) is 5.92 Å². The molecule has 1 saturated carbocycles. The molecule has 0 radical (unpaired) electrons. The third kappa shape index (κ3) is 1.68. The molecule has 3 rings (SSSR count). The topological polar surface area (TPSA) is 77.5 Å². The summed E-state index contributed by atoms with van der Waals surface area (Å²) in [5, 5.41) is 11.0. The Morgan fingerprint density at radius 1 is 1.27 bits per heavy atom. The van der Waals surface area contributed by atoms with E-state index in [0.717, 1.165) is 4.90 Å². The molecule has 1 saturated heterocycles. The molecule has 2 atom stereocenters. The lowest BCUT2D eigenvalue weighted by atomic mass is 9.62. The predicted molar refractivity (Wildman–Crippen MR) is 77.9 cm³/mol. The molecule has 1 aromatic carbocycles. The molecule has 0 N–H and O–H groups in total. The first kappa shape index (κ1) is 14.8. The van der Waals surface area contributed by atoms with Crippen LogP contribution in [0.4, 0.5) is 5.69 Å². The monoisotopic (exact) mass is 300 g/mol. The molecule has 1 heterocycles. The maximum absolute atomic E-state index is 13.0. The van der Waals surface area contributed by atoms with E-state index in [1.807, 2.05) is 20.8 Å². The second-order valence-electron chi connectivity index (χ2n) is 6.96. The summed E-state index contributed by atoms with van der Waals surface area (Å²) in [6, 6.07) is 5.82. The number of aromatic carboxylic acids is 1. The number of fused-ring (bicyclic) bond motifs is 2. The van der Waals surface area contributed by atoms with Gasteiger partial charge in [-0.3, -0.25) is 9.59 Å². The summed E-state index contributed by atoms with van der Waals surface area (Å²) in [7, 11) is 0. The summed E-state index contributed by atoms with van der Waals surface area (Å²) in [6.07, 6.45) is 1.36. The maximum atomic E-state index is 13.0. The van der Waals surface area contributed by atoms with Gasteiger partial charge in [-0.1, -0.05) is 32.9 Å². The Balaban J connectivity index is 2.10. The number of piperidine rings is 1. The molecule has 0 spiro atoms. The summed E-state index contributed by atoms with van der Waals surface area (Å²) in [5.41, 5.74) is -0.724. The first-order chi connectivity index (χ1) is 10.2. The van der Waals surface area contributed by atoms with E-state index < -0.39 is 11.4 Å². The fourth-order valence-corrected chi connectivity index (χ4v) is 3.83. The third-order valence-electron chi connectivity index (χ3n) is 5.76. The molecule has 2 amide bonds. The number of carbonyl (C=O) groups is 3. The highest BCUT2D eigenvalue weighted by atomic mass is 16.4. The van der Waals surface area contributed by atoms with Gasteiger partial charge >= 0.3 is 0 Å². The Kier molecular flexibility index (Phi) is 2.96. The highest BCUT2D eigenvalue weighted by molar-refractivity contribution is 6.20. The summed E-state index contributed by atoms with van der Waals surface area (Å²) >= 11 is 0.